The van der Waals surface area contributed by atoms with E-state index in [2.05, 4.69) is 24.1 Å². The van der Waals surface area contributed by atoms with Crippen LogP contribution in [-0.4, -0.2) is 62.7 Å². The third-order valence-corrected chi connectivity index (χ3v) is 13.0. The van der Waals surface area contributed by atoms with Crippen LogP contribution in [0.4, 0.5) is 5.69 Å². The first-order valence-corrected chi connectivity index (χ1v) is 21.3. The standard InChI is InChI=1S/C18H16Cl3N3O2S.C11H14N4O2S.C6H3BCl3O2/c1-22-27(25,26)13-4-3-12(14(8-13)17-9-24(2)10-23-17)5-11-6-15(19)18(21)16(20)7-11;1-13-18(16,17)8-3-4-10(12)9(5-8)11-6-15(2)7-14-11;8-4-1-3(12-7-11)2-5(9)6(4)10/h3-4,6-10,22H,5H2,1-2H3;3-7,13H,12H2,1-2H3;1-2,11H. The average Bonchev–Trinajstić information content (AvgIpc) is 3.81. The fourth-order valence-corrected chi connectivity index (χ4v) is 7.70. The lowest BCUT2D eigenvalue weighted by Gasteiger charge is -2.12. The lowest BCUT2D eigenvalue weighted by atomic mass is 9.98. The Morgan fingerprint density at radius 2 is 1.14 bits per heavy atom. The van der Waals surface area contributed by atoms with Gasteiger partial charge >= 0.3 is 7.69 Å². The highest BCUT2D eigenvalue weighted by Crippen LogP contribution is 2.35. The molecule has 0 aliphatic rings. The van der Waals surface area contributed by atoms with Crippen LogP contribution in [0.3, 0.4) is 0 Å². The van der Waals surface area contributed by atoms with Crippen molar-refractivity contribution >= 4 is 103 Å². The van der Waals surface area contributed by atoms with E-state index in [4.69, 9.17) is 80.4 Å². The summed E-state index contributed by atoms with van der Waals surface area (Å²) < 4.78 is 60.6. The Morgan fingerprint density at radius 1 is 0.702 bits per heavy atom. The minimum Gasteiger partial charge on any atom is -0.537 e. The molecule has 22 heteroatoms. The van der Waals surface area contributed by atoms with Gasteiger partial charge in [-0.05, 0) is 86.2 Å². The van der Waals surface area contributed by atoms with Crippen LogP contribution in [0.5, 0.6) is 5.75 Å². The predicted octanol–water partition coefficient (Wildman–Crippen LogP) is 7.68. The molecule has 6 rings (SSSR count). The molecular weight excluding hydrogens is 902 g/mol. The van der Waals surface area contributed by atoms with E-state index in [0.717, 1.165) is 11.1 Å². The minimum absolute atomic E-state index is 0.167. The van der Waals surface area contributed by atoms with Gasteiger partial charge in [-0.3, -0.25) is 0 Å². The van der Waals surface area contributed by atoms with Gasteiger partial charge in [-0.25, -0.2) is 36.2 Å². The zero-order valence-corrected chi connectivity index (χ0v) is 36.5. The molecular formula is C35H33BCl6N7O6S2. The van der Waals surface area contributed by atoms with Gasteiger partial charge in [0.2, 0.25) is 20.0 Å². The van der Waals surface area contributed by atoms with Crippen LogP contribution < -0.4 is 19.8 Å². The van der Waals surface area contributed by atoms with Crippen LogP contribution in [0.1, 0.15) is 11.1 Å². The van der Waals surface area contributed by atoms with Gasteiger partial charge in [-0.15, -0.1) is 0 Å². The normalized spacial score (nSPS) is 11.3. The third kappa shape index (κ3) is 12.0. The van der Waals surface area contributed by atoms with Gasteiger partial charge in [0.05, 0.1) is 64.0 Å². The molecule has 0 saturated carbocycles. The maximum Gasteiger partial charge on any atom is 0.569 e. The van der Waals surface area contributed by atoms with E-state index in [0.29, 0.717) is 63.1 Å². The van der Waals surface area contributed by atoms with E-state index >= 15 is 0 Å². The van der Waals surface area contributed by atoms with E-state index in [1.807, 2.05) is 20.3 Å². The summed E-state index contributed by atoms with van der Waals surface area (Å²) in [7, 11) is -0.0879. The minimum atomic E-state index is -3.57. The topological polar surface area (TPSA) is 183 Å². The molecule has 4 aromatic carbocycles. The zero-order valence-electron chi connectivity index (χ0n) is 30.3. The molecule has 0 amide bonds. The smallest absolute Gasteiger partial charge is 0.537 e. The van der Waals surface area contributed by atoms with Gasteiger partial charge in [-0.2, -0.15) is 0 Å². The van der Waals surface area contributed by atoms with Crippen molar-refractivity contribution in [2.75, 3.05) is 19.8 Å². The number of aromatic nitrogens is 4. The van der Waals surface area contributed by atoms with E-state index in [-0.39, 0.29) is 24.9 Å². The van der Waals surface area contributed by atoms with Gasteiger partial charge in [0.1, 0.15) is 5.75 Å². The molecule has 0 unspecified atom stereocenters. The maximum atomic E-state index is 12.2. The number of nitrogen functional groups attached to an aromatic ring is 1. The lowest BCUT2D eigenvalue weighted by Crippen LogP contribution is -2.18. The van der Waals surface area contributed by atoms with Crippen molar-refractivity contribution in [1.29, 1.82) is 0 Å². The number of nitrogens with two attached hydrogens (primary N) is 1. The predicted molar refractivity (Wildman–Crippen MR) is 229 cm³/mol. The molecule has 0 fully saturated rings. The first kappa shape index (κ1) is 46.2. The maximum absolute atomic E-state index is 12.2. The van der Waals surface area contributed by atoms with Crippen LogP contribution >= 0.6 is 69.6 Å². The molecule has 57 heavy (non-hydrogen) atoms. The molecule has 0 saturated heterocycles. The van der Waals surface area contributed by atoms with Crippen LogP contribution in [0.25, 0.3) is 22.5 Å². The van der Waals surface area contributed by atoms with Crippen LogP contribution in [-0.2, 0) is 40.6 Å². The summed E-state index contributed by atoms with van der Waals surface area (Å²) in [6.07, 6.45) is 7.39. The molecule has 2 aromatic heterocycles. The Morgan fingerprint density at radius 3 is 1.58 bits per heavy atom. The monoisotopic (exact) mass is 932 g/mol. The van der Waals surface area contributed by atoms with Gasteiger partial charge in [0.15, 0.2) is 0 Å². The molecule has 0 bridgehead atoms. The third-order valence-electron chi connectivity index (χ3n) is 7.81. The number of sulfonamides is 2. The number of imidazole rings is 2. The molecule has 0 aliphatic carbocycles. The van der Waals surface area contributed by atoms with Crippen molar-refractivity contribution in [1.82, 2.24) is 28.5 Å². The highest BCUT2D eigenvalue weighted by Gasteiger charge is 2.18. The molecule has 6 aromatic rings. The molecule has 5 N–H and O–H groups in total. The van der Waals surface area contributed by atoms with Crippen molar-refractivity contribution in [2.24, 2.45) is 14.1 Å². The Balaban J connectivity index is 0.000000206. The SMILES string of the molecule is CNS(=O)(=O)c1ccc(Cc2cc(Cl)c(Cl)c(Cl)c2)c(-c2cn(C)cn2)c1.CNS(=O)(=O)c1ccc(N)c(-c2cn(C)cn2)c1.O[B]Oc1cc(Cl)c(Cl)c(Cl)c1. The van der Waals surface area contributed by atoms with Gasteiger partial charge in [0, 0.05) is 43.3 Å². The van der Waals surface area contributed by atoms with Crippen molar-refractivity contribution in [3.05, 3.63) is 127 Å². The highest BCUT2D eigenvalue weighted by atomic mass is 35.5. The lowest BCUT2D eigenvalue weighted by molar-refractivity contribution is 0.454. The summed E-state index contributed by atoms with van der Waals surface area (Å²) in [5.74, 6) is 0.330. The Bertz CT molecular complexity index is 2560. The van der Waals surface area contributed by atoms with Gasteiger partial charge < -0.3 is 24.5 Å². The largest absolute Gasteiger partial charge is 0.569 e. The first-order valence-electron chi connectivity index (χ1n) is 16.1. The van der Waals surface area contributed by atoms with Crippen LogP contribution in [0.15, 0.2) is 95.5 Å². The van der Waals surface area contributed by atoms with Crippen LogP contribution in [0, 0.1) is 0 Å². The summed E-state index contributed by atoms with van der Waals surface area (Å²) in [5, 5.41) is 10.2. The molecule has 0 atom stereocenters. The molecule has 13 nitrogen and oxygen atoms in total. The molecule has 1 radical (unpaired) electrons. The summed E-state index contributed by atoms with van der Waals surface area (Å²) in [6, 6.07) is 15.9. The Hall–Kier alpha value is -3.52. The quantitative estimate of drug-likeness (QED) is 0.0608. The second-order valence-corrected chi connectivity index (χ2v) is 18.0. The average molecular weight is 935 g/mol. The van der Waals surface area contributed by atoms with E-state index in [1.165, 1.54) is 38.4 Å². The molecule has 0 spiro atoms. The highest BCUT2D eigenvalue weighted by molar-refractivity contribution is 7.89. The van der Waals surface area contributed by atoms with Crippen molar-refractivity contribution in [2.45, 2.75) is 16.2 Å². The summed E-state index contributed by atoms with van der Waals surface area (Å²) in [6.45, 7) is 0. The van der Waals surface area contributed by atoms with Crippen molar-refractivity contribution in [3.8, 4) is 28.3 Å². The molecule has 2 heterocycles. The van der Waals surface area contributed by atoms with E-state index in [1.54, 1.807) is 64.4 Å². The molecule has 0 aliphatic heterocycles. The number of nitrogens with one attached hydrogen (secondary N) is 2. The van der Waals surface area contributed by atoms with Crippen molar-refractivity contribution < 1.29 is 26.5 Å². The Kier molecular flexibility index (Phi) is 16.2. The zero-order chi connectivity index (χ0) is 42.2. The second-order valence-electron chi connectivity index (χ2n) is 11.8. The summed E-state index contributed by atoms with van der Waals surface area (Å²) >= 11 is 35.3. The summed E-state index contributed by atoms with van der Waals surface area (Å²) in [4.78, 5) is 8.86. The fourth-order valence-electron chi connectivity index (χ4n) is 4.97. The number of hydrogen-bond donors (Lipinski definition) is 4. The number of aryl methyl sites for hydroxylation is 2. The Labute approximate surface area is 361 Å². The summed E-state index contributed by atoms with van der Waals surface area (Å²) in [5.41, 5.74) is 10.7. The number of halogens is 6. The fraction of sp³-hybridized carbons (Fsp3) is 0.143. The van der Waals surface area contributed by atoms with Gasteiger partial charge in [0.25, 0.3) is 0 Å². The molecule has 301 valence electrons. The second kappa shape index (κ2) is 20.0. The number of anilines is 1. The van der Waals surface area contributed by atoms with Gasteiger partial charge in [-0.1, -0.05) is 75.7 Å². The number of benzene rings is 4. The van der Waals surface area contributed by atoms with E-state index in [9.17, 15) is 16.8 Å². The number of rotatable bonds is 10. The van der Waals surface area contributed by atoms with E-state index < -0.39 is 20.0 Å². The number of hydrogen-bond acceptors (Lipinski definition) is 9. The van der Waals surface area contributed by atoms with Crippen molar-refractivity contribution in [3.63, 3.8) is 0 Å². The number of nitrogens with zero attached hydrogens (tertiary/aromatic N) is 4. The van der Waals surface area contributed by atoms with Crippen LogP contribution in [0.2, 0.25) is 30.1 Å². The first-order chi connectivity index (χ1) is 26.8.